The number of aromatic nitrogens is 1. The van der Waals surface area contributed by atoms with Gasteiger partial charge >= 0.3 is 5.97 Å². The molecule has 0 unspecified atom stereocenters. The SMILES string of the molecule is CCOCCn1c(=NC(=O)CCCS(=O)(=O)c2ccccc2)sc2cc(C(=O)OC)ccc21. The van der Waals surface area contributed by atoms with Gasteiger partial charge in [-0.2, -0.15) is 4.99 Å². The van der Waals surface area contributed by atoms with E-state index in [4.69, 9.17) is 9.47 Å². The van der Waals surface area contributed by atoms with Crippen LogP contribution in [0.3, 0.4) is 0 Å². The summed E-state index contributed by atoms with van der Waals surface area (Å²) in [6, 6.07) is 13.3. The number of methoxy groups -OCH3 is 1. The first-order valence-corrected chi connectivity index (χ1v) is 13.0. The molecular weight excluding hydrogens is 464 g/mol. The molecule has 0 aliphatic heterocycles. The highest BCUT2D eigenvalue weighted by Gasteiger charge is 2.15. The zero-order valence-corrected chi connectivity index (χ0v) is 20.2. The van der Waals surface area contributed by atoms with Gasteiger partial charge < -0.3 is 14.0 Å². The van der Waals surface area contributed by atoms with E-state index in [1.807, 2.05) is 11.5 Å². The van der Waals surface area contributed by atoms with E-state index in [2.05, 4.69) is 4.99 Å². The molecule has 8 nitrogen and oxygen atoms in total. The van der Waals surface area contributed by atoms with Crippen molar-refractivity contribution in [1.82, 2.24) is 4.57 Å². The fourth-order valence-corrected chi connectivity index (χ4v) is 5.69. The number of amides is 1. The molecule has 0 spiro atoms. The Morgan fingerprint density at radius 2 is 1.88 bits per heavy atom. The molecule has 0 fully saturated rings. The summed E-state index contributed by atoms with van der Waals surface area (Å²) < 4.78 is 37.7. The fourth-order valence-electron chi connectivity index (χ4n) is 3.24. The number of nitrogens with zero attached hydrogens (tertiary/aromatic N) is 2. The normalized spacial score (nSPS) is 12.2. The minimum atomic E-state index is -3.44. The second-order valence-corrected chi connectivity index (χ2v) is 10.3. The minimum Gasteiger partial charge on any atom is -0.465 e. The molecular formula is C23H26N2O6S2. The maximum atomic E-state index is 12.5. The van der Waals surface area contributed by atoms with E-state index >= 15 is 0 Å². The summed E-state index contributed by atoms with van der Waals surface area (Å²) in [6.07, 6.45) is 0.190. The lowest BCUT2D eigenvalue weighted by atomic mass is 10.2. The molecule has 2 aromatic carbocycles. The zero-order chi connectivity index (χ0) is 23.8. The van der Waals surface area contributed by atoms with Gasteiger partial charge in [0.2, 0.25) is 5.91 Å². The van der Waals surface area contributed by atoms with Crippen molar-refractivity contribution in [2.45, 2.75) is 31.2 Å². The van der Waals surface area contributed by atoms with Crippen LogP contribution >= 0.6 is 11.3 Å². The van der Waals surface area contributed by atoms with E-state index in [0.29, 0.717) is 30.1 Å². The average Bonchev–Trinajstić information content (AvgIpc) is 3.15. The Bertz CT molecular complexity index is 1290. The lowest BCUT2D eigenvalue weighted by molar-refractivity contribution is -0.118. The van der Waals surface area contributed by atoms with Gasteiger partial charge in [0.05, 0.1) is 40.1 Å². The van der Waals surface area contributed by atoms with Gasteiger partial charge in [-0.1, -0.05) is 29.5 Å². The predicted octanol–water partition coefficient (Wildman–Crippen LogP) is 3.21. The molecule has 0 aliphatic carbocycles. The quantitative estimate of drug-likeness (QED) is 0.319. The van der Waals surface area contributed by atoms with Crippen molar-refractivity contribution in [1.29, 1.82) is 0 Å². The number of hydrogen-bond donors (Lipinski definition) is 0. The number of esters is 1. The van der Waals surface area contributed by atoms with Crippen LogP contribution in [0, 0.1) is 0 Å². The zero-order valence-electron chi connectivity index (χ0n) is 18.5. The average molecular weight is 491 g/mol. The highest BCUT2D eigenvalue weighted by molar-refractivity contribution is 7.91. The Hall–Kier alpha value is -2.82. The van der Waals surface area contributed by atoms with E-state index in [-0.39, 0.29) is 23.5 Å². The summed E-state index contributed by atoms with van der Waals surface area (Å²) in [4.78, 5) is 29.4. The molecule has 33 heavy (non-hydrogen) atoms. The number of ether oxygens (including phenoxy) is 2. The standard InChI is InChI=1S/C23H26N2O6S2/c1-3-31-14-13-25-19-12-11-17(22(27)30-2)16-20(19)32-23(25)24-21(26)10-7-15-33(28,29)18-8-5-4-6-9-18/h4-6,8-9,11-12,16H,3,7,10,13-15H2,1-2H3. The second kappa shape index (κ2) is 11.4. The number of carbonyl (C=O) groups is 2. The van der Waals surface area contributed by atoms with Gasteiger partial charge in [-0.3, -0.25) is 4.79 Å². The van der Waals surface area contributed by atoms with Gasteiger partial charge in [0.1, 0.15) is 0 Å². The topological polar surface area (TPSA) is 104 Å². The third-order valence-corrected chi connectivity index (χ3v) is 7.75. The van der Waals surface area contributed by atoms with E-state index < -0.39 is 21.7 Å². The van der Waals surface area contributed by atoms with Crippen LogP contribution in [0.2, 0.25) is 0 Å². The van der Waals surface area contributed by atoms with Gasteiger partial charge in [0.15, 0.2) is 14.6 Å². The highest BCUT2D eigenvalue weighted by Crippen LogP contribution is 2.20. The summed E-state index contributed by atoms with van der Waals surface area (Å²) >= 11 is 1.28. The monoisotopic (exact) mass is 490 g/mol. The van der Waals surface area contributed by atoms with Crippen molar-refractivity contribution in [3.63, 3.8) is 0 Å². The third kappa shape index (κ3) is 6.37. The van der Waals surface area contributed by atoms with Crippen molar-refractivity contribution < 1.29 is 27.5 Å². The lowest BCUT2D eigenvalue weighted by Crippen LogP contribution is -2.20. The lowest BCUT2D eigenvalue weighted by Gasteiger charge is -2.06. The Balaban J connectivity index is 1.81. The van der Waals surface area contributed by atoms with Crippen molar-refractivity contribution in [2.24, 2.45) is 4.99 Å². The van der Waals surface area contributed by atoms with Crippen LogP contribution in [-0.4, -0.2) is 50.9 Å². The Kier molecular flexibility index (Phi) is 8.54. The number of benzene rings is 2. The van der Waals surface area contributed by atoms with Gasteiger partial charge in [0.25, 0.3) is 0 Å². The summed E-state index contributed by atoms with van der Waals surface area (Å²) in [6.45, 7) is 3.39. The Labute approximate surface area is 196 Å². The molecule has 0 atom stereocenters. The van der Waals surface area contributed by atoms with Gasteiger partial charge in [0, 0.05) is 19.6 Å². The summed E-state index contributed by atoms with van der Waals surface area (Å²) in [7, 11) is -2.12. The molecule has 176 valence electrons. The highest BCUT2D eigenvalue weighted by atomic mass is 32.2. The van der Waals surface area contributed by atoms with E-state index in [1.54, 1.807) is 48.5 Å². The van der Waals surface area contributed by atoms with Gasteiger partial charge in [-0.25, -0.2) is 13.2 Å². The molecule has 3 rings (SSSR count). The molecule has 10 heteroatoms. The first-order valence-electron chi connectivity index (χ1n) is 10.5. The van der Waals surface area contributed by atoms with Crippen LogP contribution in [0.1, 0.15) is 30.1 Å². The van der Waals surface area contributed by atoms with Crippen LogP contribution in [0.4, 0.5) is 0 Å². The second-order valence-electron chi connectivity index (χ2n) is 7.15. The number of sulfone groups is 1. The summed E-state index contributed by atoms with van der Waals surface area (Å²) in [5.41, 5.74) is 1.23. The van der Waals surface area contributed by atoms with Crippen molar-refractivity contribution in [3.05, 3.63) is 58.9 Å². The molecule has 0 radical (unpaired) electrons. The van der Waals surface area contributed by atoms with Crippen molar-refractivity contribution >= 4 is 43.3 Å². The molecule has 1 heterocycles. The Morgan fingerprint density at radius 1 is 1.12 bits per heavy atom. The minimum absolute atomic E-state index is 0.0131. The number of carbonyl (C=O) groups excluding carboxylic acids is 2. The molecule has 0 bridgehead atoms. The predicted molar refractivity (Wildman–Crippen MR) is 126 cm³/mol. The maximum Gasteiger partial charge on any atom is 0.337 e. The van der Waals surface area contributed by atoms with E-state index in [1.165, 1.54) is 18.4 Å². The molecule has 0 saturated heterocycles. The molecule has 0 aliphatic rings. The first kappa shape index (κ1) is 24.8. The molecule has 0 N–H and O–H groups in total. The number of hydrogen-bond acceptors (Lipinski definition) is 7. The van der Waals surface area contributed by atoms with Crippen molar-refractivity contribution in [2.75, 3.05) is 26.1 Å². The molecule has 3 aromatic rings. The number of thiazole rings is 1. The van der Waals surface area contributed by atoms with Crippen molar-refractivity contribution in [3.8, 4) is 0 Å². The van der Waals surface area contributed by atoms with E-state index in [0.717, 1.165) is 10.2 Å². The first-order chi connectivity index (χ1) is 15.9. The van der Waals surface area contributed by atoms with Gasteiger partial charge in [-0.05, 0) is 43.7 Å². The molecule has 1 amide bonds. The largest absolute Gasteiger partial charge is 0.465 e. The van der Waals surface area contributed by atoms with Crippen LogP contribution < -0.4 is 4.80 Å². The van der Waals surface area contributed by atoms with Gasteiger partial charge in [-0.15, -0.1) is 0 Å². The number of fused-ring (bicyclic) bond motifs is 1. The summed E-state index contributed by atoms with van der Waals surface area (Å²) in [5.74, 6) is -0.971. The van der Waals surface area contributed by atoms with E-state index in [9.17, 15) is 18.0 Å². The molecule has 1 aromatic heterocycles. The number of rotatable bonds is 10. The van der Waals surface area contributed by atoms with Crippen LogP contribution in [-0.2, 0) is 30.7 Å². The maximum absolute atomic E-state index is 12.5. The smallest absolute Gasteiger partial charge is 0.337 e. The third-order valence-electron chi connectivity index (χ3n) is 4.89. The molecule has 0 saturated carbocycles. The fraction of sp³-hybridized carbons (Fsp3) is 0.348. The van der Waals surface area contributed by atoms with Crippen LogP contribution in [0.25, 0.3) is 10.2 Å². The van der Waals surface area contributed by atoms with Crippen LogP contribution in [0.5, 0.6) is 0 Å². The van der Waals surface area contributed by atoms with Crippen LogP contribution in [0.15, 0.2) is 58.4 Å². The summed E-state index contributed by atoms with van der Waals surface area (Å²) in [5, 5.41) is 0. The Morgan fingerprint density at radius 3 is 2.58 bits per heavy atom.